The largest absolute Gasteiger partial charge is 0.465 e. The summed E-state index contributed by atoms with van der Waals surface area (Å²) in [6.45, 7) is 0. The van der Waals surface area contributed by atoms with Crippen LogP contribution in [-0.2, 0) is 14.3 Å². The van der Waals surface area contributed by atoms with Crippen molar-refractivity contribution in [3.63, 3.8) is 0 Å². The summed E-state index contributed by atoms with van der Waals surface area (Å²) in [5.41, 5.74) is 5.34. The van der Waals surface area contributed by atoms with Gasteiger partial charge in [0.2, 0.25) is 5.91 Å². The summed E-state index contributed by atoms with van der Waals surface area (Å²) >= 11 is 0.945. The van der Waals surface area contributed by atoms with Crippen LogP contribution < -0.4 is 16.6 Å². The Morgan fingerprint density at radius 2 is 1.89 bits per heavy atom. The van der Waals surface area contributed by atoms with Crippen LogP contribution in [0.4, 0.5) is 11.5 Å². The van der Waals surface area contributed by atoms with Gasteiger partial charge < -0.3 is 25.5 Å². The first-order valence-electron chi connectivity index (χ1n) is 7.44. The second-order valence-electron chi connectivity index (χ2n) is 5.06. The third kappa shape index (κ3) is 5.31. The van der Waals surface area contributed by atoms with E-state index in [1.807, 2.05) is 0 Å². The van der Waals surface area contributed by atoms with Crippen LogP contribution in [0.3, 0.4) is 0 Å². The van der Waals surface area contributed by atoms with Crippen LogP contribution in [0.1, 0.15) is 20.7 Å². The molecule has 1 amide bonds. The van der Waals surface area contributed by atoms with Gasteiger partial charge >= 0.3 is 11.9 Å². The van der Waals surface area contributed by atoms with E-state index in [0.717, 1.165) is 17.8 Å². The Labute approximate surface area is 157 Å². The molecule has 0 atom stereocenters. The van der Waals surface area contributed by atoms with Gasteiger partial charge in [-0.05, 0) is 18.2 Å². The average molecular weight is 392 g/mol. The van der Waals surface area contributed by atoms with Crippen LogP contribution >= 0.6 is 11.8 Å². The zero-order chi connectivity index (χ0) is 20.0. The zero-order valence-corrected chi connectivity index (χ0v) is 15.2. The van der Waals surface area contributed by atoms with Gasteiger partial charge in [-0.3, -0.25) is 9.59 Å². The maximum Gasteiger partial charge on any atom is 0.339 e. The van der Waals surface area contributed by atoms with E-state index in [2.05, 4.69) is 24.8 Å². The van der Waals surface area contributed by atoms with Gasteiger partial charge in [-0.2, -0.15) is 0 Å². The number of H-pyrrole nitrogens is 1. The number of amides is 1. The van der Waals surface area contributed by atoms with Crippen LogP contribution in [0.5, 0.6) is 0 Å². The minimum absolute atomic E-state index is 0.0282. The number of rotatable bonds is 6. The van der Waals surface area contributed by atoms with Crippen molar-refractivity contribution in [3.05, 3.63) is 45.7 Å². The van der Waals surface area contributed by atoms with Crippen molar-refractivity contribution < 1.29 is 23.9 Å². The second-order valence-corrected chi connectivity index (χ2v) is 6.02. The molecule has 0 aliphatic rings. The maximum atomic E-state index is 12.2. The number of carbonyl (C=O) groups is 3. The Bertz CT molecular complexity index is 943. The number of nitrogens with two attached hydrogens (primary N) is 1. The van der Waals surface area contributed by atoms with E-state index in [4.69, 9.17) is 5.73 Å². The number of methoxy groups -OCH3 is 2. The van der Waals surface area contributed by atoms with Crippen molar-refractivity contribution in [1.29, 1.82) is 0 Å². The van der Waals surface area contributed by atoms with E-state index in [9.17, 15) is 19.2 Å². The lowest BCUT2D eigenvalue weighted by Crippen LogP contribution is -2.18. The predicted molar refractivity (Wildman–Crippen MR) is 97.7 cm³/mol. The molecule has 27 heavy (non-hydrogen) atoms. The van der Waals surface area contributed by atoms with E-state index >= 15 is 0 Å². The molecule has 0 fully saturated rings. The molecule has 0 aliphatic carbocycles. The van der Waals surface area contributed by atoms with Gasteiger partial charge in [0, 0.05) is 6.07 Å². The monoisotopic (exact) mass is 392 g/mol. The van der Waals surface area contributed by atoms with Gasteiger partial charge in [-0.1, -0.05) is 11.8 Å². The molecule has 142 valence electrons. The molecule has 11 heteroatoms. The van der Waals surface area contributed by atoms with Crippen molar-refractivity contribution in [1.82, 2.24) is 9.97 Å². The lowest BCUT2D eigenvalue weighted by molar-refractivity contribution is -0.113. The maximum absolute atomic E-state index is 12.2. The highest BCUT2D eigenvalue weighted by Crippen LogP contribution is 2.21. The third-order valence-corrected chi connectivity index (χ3v) is 4.07. The van der Waals surface area contributed by atoms with E-state index in [1.54, 1.807) is 0 Å². The highest BCUT2D eigenvalue weighted by atomic mass is 32.2. The number of benzene rings is 1. The molecule has 10 nitrogen and oxygen atoms in total. The number of aromatic amines is 1. The number of anilines is 2. The fourth-order valence-corrected chi connectivity index (χ4v) is 2.70. The summed E-state index contributed by atoms with van der Waals surface area (Å²) < 4.78 is 9.29. The molecule has 0 spiro atoms. The van der Waals surface area contributed by atoms with Gasteiger partial charge in [-0.15, -0.1) is 0 Å². The Hall–Kier alpha value is -3.34. The molecule has 0 saturated heterocycles. The van der Waals surface area contributed by atoms with E-state index in [-0.39, 0.29) is 33.5 Å². The van der Waals surface area contributed by atoms with E-state index < -0.39 is 23.4 Å². The number of carbonyl (C=O) groups excluding carboxylic acids is 3. The normalized spacial score (nSPS) is 10.1. The Morgan fingerprint density at radius 1 is 1.19 bits per heavy atom. The fraction of sp³-hybridized carbons (Fsp3) is 0.188. The van der Waals surface area contributed by atoms with Crippen LogP contribution in [0.2, 0.25) is 0 Å². The number of hydrogen-bond acceptors (Lipinski definition) is 9. The Kier molecular flexibility index (Phi) is 6.55. The molecule has 0 aliphatic heterocycles. The standard InChI is InChI=1S/C16H16N4O6S/c1-25-14(23)8-3-4-9(15(24)26-2)10(5-8)18-13(22)7-27-16-19-11(17)6-12(21)20-16/h3-6H,7H2,1-2H3,(H,18,22)(H3,17,19,20,21). The summed E-state index contributed by atoms with van der Waals surface area (Å²) in [6.07, 6.45) is 0. The Balaban J connectivity index is 2.18. The first kappa shape index (κ1) is 20.0. The van der Waals surface area contributed by atoms with Crippen molar-refractivity contribution in [2.75, 3.05) is 31.0 Å². The Morgan fingerprint density at radius 3 is 2.52 bits per heavy atom. The summed E-state index contributed by atoms with van der Waals surface area (Å²) in [4.78, 5) is 53.4. The minimum Gasteiger partial charge on any atom is -0.465 e. The quantitative estimate of drug-likeness (QED) is 0.365. The van der Waals surface area contributed by atoms with Crippen molar-refractivity contribution in [2.24, 2.45) is 0 Å². The van der Waals surface area contributed by atoms with Crippen LogP contribution in [-0.4, -0.2) is 47.8 Å². The minimum atomic E-state index is -0.684. The number of thioether (sulfide) groups is 1. The fourth-order valence-electron chi connectivity index (χ4n) is 2.02. The average Bonchev–Trinajstić information content (AvgIpc) is 2.64. The van der Waals surface area contributed by atoms with Gasteiger partial charge in [0.1, 0.15) is 5.82 Å². The molecule has 0 saturated carbocycles. The summed E-state index contributed by atoms with van der Waals surface area (Å²) in [5, 5.41) is 2.70. The topological polar surface area (TPSA) is 153 Å². The van der Waals surface area contributed by atoms with Crippen LogP contribution in [0.25, 0.3) is 0 Å². The lowest BCUT2D eigenvalue weighted by Gasteiger charge is -2.11. The van der Waals surface area contributed by atoms with Crippen LogP contribution in [0, 0.1) is 0 Å². The van der Waals surface area contributed by atoms with E-state index in [1.165, 1.54) is 32.4 Å². The molecule has 0 bridgehead atoms. The number of esters is 2. The first-order chi connectivity index (χ1) is 12.8. The lowest BCUT2D eigenvalue weighted by atomic mass is 10.1. The molecule has 4 N–H and O–H groups in total. The molecule has 2 rings (SSSR count). The van der Waals surface area contributed by atoms with Crippen LogP contribution in [0.15, 0.2) is 34.2 Å². The molecule has 2 aromatic rings. The molecule has 0 unspecified atom stereocenters. The number of ether oxygens (including phenoxy) is 2. The van der Waals surface area contributed by atoms with Gasteiger partial charge in [0.05, 0.1) is 36.8 Å². The summed E-state index contributed by atoms with van der Waals surface area (Å²) in [6, 6.07) is 5.15. The first-order valence-corrected chi connectivity index (χ1v) is 8.42. The number of nitrogens with zero attached hydrogens (tertiary/aromatic N) is 1. The highest BCUT2D eigenvalue weighted by molar-refractivity contribution is 7.99. The summed E-state index contributed by atoms with van der Waals surface area (Å²) in [7, 11) is 2.41. The number of nitrogen functional groups attached to an aromatic ring is 1. The van der Waals surface area contributed by atoms with Crippen molar-refractivity contribution >= 4 is 41.1 Å². The predicted octanol–water partition coefficient (Wildman–Crippen LogP) is 0.656. The summed E-state index contributed by atoms with van der Waals surface area (Å²) in [5.74, 6) is -1.91. The molecule has 1 aromatic carbocycles. The zero-order valence-electron chi connectivity index (χ0n) is 14.4. The number of hydrogen-bond donors (Lipinski definition) is 3. The molecular weight excluding hydrogens is 376 g/mol. The van der Waals surface area contributed by atoms with E-state index in [0.29, 0.717) is 0 Å². The van der Waals surface area contributed by atoms with Crippen molar-refractivity contribution in [2.45, 2.75) is 5.16 Å². The van der Waals surface area contributed by atoms with Gasteiger partial charge in [0.15, 0.2) is 5.16 Å². The SMILES string of the molecule is COC(=O)c1ccc(C(=O)OC)c(NC(=O)CSc2nc(N)cc(=O)[nH]2)c1. The molecule has 0 radical (unpaired) electrons. The molecule has 1 aromatic heterocycles. The molecular formula is C16H16N4O6S. The third-order valence-electron chi connectivity index (χ3n) is 3.20. The second kappa shape index (κ2) is 8.85. The van der Waals surface area contributed by atoms with Crippen molar-refractivity contribution in [3.8, 4) is 0 Å². The van der Waals surface area contributed by atoms with Gasteiger partial charge in [0.25, 0.3) is 5.56 Å². The smallest absolute Gasteiger partial charge is 0.339 e. The highest BCUT2D eigenvalue weighted by Gasteiger charge is 2.17. The number of nitrogens with one attached hydrogen (secondary N) is 2. The number of aromatic nitrogens is 2. The van der Waals surface area contributed by atoms with Gasteiger partial charge in [-0.25, -0.2) is 14.6 Å². The molecule has 1 heterocycles.